The Labute approximate surface area is 118 Å². The number of benzene rings is 2. The van der Waals surface area contributed by atoms with Gasteiger partial charge in [-0.05, 0) is 17.3 Å². The molecule has 0 saturated carbocycles. The summed E-state index contributed by atoms with van der Waals surface area (Å²) in [5, 5.41) is -1.50. The summed E-state index contributed by atoms with van der Waals surface area (Å²) < 4.78 is 0.901. The summed E-state index contributed by atoms with van der Waals surface area (Å²) in [4.78, 5) is 12.3. The molecule has 1 nitrogen and oxygen atoms in total. The lowest BCUT2D eigenvalue weighted by Gasteiger charge is -2.25. The predicted octanol–water partition coefficient (Wildman–Crippen LogP) is 2.82. The summed E-state index contributed by atoms with van der Waals surface area (Å²) >= 11 is 3.32. The van der Waals surface area contributed by atoms with Crippen molar-refractivity contribution in [2.75, 3.05) is 0 Å². The highest BCUT2D eigenvalue weighted by molar-refractivity contribution is 9.10. The molecule has 0 N–H and O–H groups in total. The molecule has 0 spiro atoms. The van der Waals surface area contributed by atoms with Crippen molar-refractivity contribution in [3.05, 3.63) is 70.2 Å². The third-order valence-corrected chi connectivity index (χ3v) is 3.26. The van der Waals surface area contributed by atoms with Gasteiger partial charge in [0.2, 0.25) is 0 Å². The average molecular weight is 295 g/mol. The van der Waals surface area contributed by atoms with Crippen molar-refractivity contribution in [2.45, 2.75) is 5.21 Å². The molecule has 0 saturated heterocycles. The Hall–Kier alpha value is -1.28. The second-order valence-electron chi connectivity index (χ2n) is 4.07. The van der Waals surface area contributed by atoms with E-state index in [4.69, 9.17) is 15.7 Å². The van der Waals surface area contributed by atoms with E-state index in [9.17, 15) is 4.79 Å². The number of rotatable bonds is 3. The second kappa shape index (κ2) is 5.15. The molecule has 0 aliphatic rings. The van der Waals surface area contributed by atoms with E-state index < -0.39 is 5.21 Å². The van der Waals surface area contributed by atoms with Gasteiger partial charge in [-0.1, -0.05) is 64.0 Å². The van der Waals surface area contributed by atoms with Crippen molar-refractivity contribution in [3.8, 4) is 0 Å². The number of carbonyl (C=O) groups is 1. The quantitative estimate of drug-likeness (QED) is 0.628. The fraction of sp³-hybridized carbons (Fsp3) is 0.0714. The van der Waals surface area contributed by atoms with Crippen LogP contribution in [0.5, 0.6) is 0 Å². The normalized spacial score (nSPS) is 11.2. The van der Waals surface area contributed by atoms with Crippen LogP contribution in [-0.2, 0) is 5.21 Å². The molecule has 4 heteroatoms. The molecule has 84 valence electrons. The zero-order chi connectivity index (χ0) is 13.2. The van der Waals surface area contributed by atoms with Crippen LogP contribution in [0, 0.1) is 0 Å². The number of ketones is 1. The molecule has 0 atom stereocenters. The molecular formula is C14H9B2BrO. The number of Topliss-reactive ketones (excluding diaryl/α,β-unsaturated/α-hetero) is 1. The second-order valence-corrected chi connectivity index (χ2v) is 4.99. The summed E-state index contributed by atoms with van der Waals surface area (Å²) in [6.45, 7) is 0. The van der Waals surface area contributed by atoms with Crippen molar-refractivity contribution in [3.63, 3.8) is 0 Å². The van der Waals surface area contributed by atoms with Gasteiger partial charge in [0.25, 0.3) is 0 Å². The molecule has 2 aromatic carbocycles. The van der Waals surface area contributed by atoms with Crippen molar-refractivity contribution < 1.29 is 4.79 Å². The van der Waals surface area contributed by atoms with E-state index in [-0.39, 0.29) is 5.78 Å². The van der Waals surface area contributed by atoms with Crippen LogP contribution in [0.15, 0.2) is 59.1 Å². The maximum absolute atomic E-state index is 12.3. The predicted molar refractivity (Wildman–Crippen MR) is 78.1 cm³/mol. The molecule has 0 bridgehead atoms. The van der Waals surface area contributed by atoms with Crippen LogP contribution >= 0.6 is 15.9 Å². The van der Waals surface area contributed by atoms with Crippen molar-refractivity contribution in [1.82, 2.24) is 0 Å². The molecule has 0 fully saturated rings. The zero-order valence-electron chi connectivity index (χ0n) is 9.64. The van der Waals surface area contributed by atoms with E-state index in [1.807, 2.05) is 6.07 Å². The highest BCUT2D eigenvalue weighted by Gasteiger charge is 2.28. The zero-order valence-corrected chi connectivity index (χ0v) is 11.2. The van der Waals surface area contributed by atoms with Gasteiger partial charge in [-0.3, -0.25) is 4.79 Å². The van der Waals surface area contributed by atoms with E-state index >= 15 is 0 Å². The van der Waals surface area contributed by atoms with E-state index in [1.54, 1.807) is 48.5 Å². The molecule has 0 aliphatic carbocycles. The van der Waals surface area contributed by atoms with Crippen LogP contribution in [-0.4, -0.2) is 21.5 Å². The molecule has 18 heavy (non-hydrogen) atoms. The van der Waals surface area contributed by atoms with Crippen LogP contribution in [0.25, 0.3) is 0 Å². The lowest BCUT2D eigenvalue weighted by atomic mass is 9.48. The number of carbonyl (C=O) groups excluding carboxylic acids is 1. The lowest BCUT2D eigenvalue weighted by Crippen LogP contribution is -2.37. The Morgan fingerprint density at radius 1 is 0.944 bits per heavy atom. The number of hydrogen-bond donors (Lipinski definition) is 0. The van der Waals surface area contributed by atoms with Crippen LogP contribution in [0.1, 0.15) is 15.9 Å². The maximum atomic E-state index is 12.3. The van der Waals surface area contributed by atoms with Crippen LogP contribution in [0.4, 0.5) is 0 Å². The van der Waals surface area contributed by atoms with E-state index in [2.05, 4.69) is 15.9 Å². The summed E-state index contributed by atoms with van der Waals surface area (Å²) in [5.74, 6) is -0.304. The van der Waals surface area contributed by atoms with Gasteiger partial charge in [0.05, 0.1) is 15.7 Å². The van der Waals surface area contributed by atoms with Crippen molar-refractivity contribution in [2.24, 2.45) is 0 Å². The standard InChI is InChI=1S/C14H9B2BrO/c15-14(16,11-4-2-1-3-5-11)13(18)10-6-8-12(17)9-7-10/h1-9H. The molecule has 2 rings (SSSR count). The largest absolute Gasteiger partial charge is 0.295 e. The molecule has 4 radical (unpaired) electrons. The van der Waals surface area contributed by atoms with Crippen LogP contribution in [0.3, 0.4) is 0 Å². The van der Waals surface area contributed by atoms with Gasteiger partial charge in [-0.15, -0.1) is 0 Å². The fourth-order valence-electron chi connectivity index (χ4n) is 1.69. The Bertz CT molecular complexity index is 550. The lowest BCUT2D eigenvalue weighted by molar-refractivity contribution is 0.0971. The van der Waals surface area contributed by atoms with Gasteiger partial charge >= 0.3 is 0 Å². The van der Waals surface area contributed by atoms with Gasteiger partial charge < -0.3 is 0 Å². The molecule has 0 aliphatic heterocycles. The first-order chi connectivity index (χ1) is 8.51. The molecule has 0 heterocycles. The summed E-state index contributed by atoms with van der Waals surface area (Å²) in [7, 11) is 11.9. The van der Waals surface area contributed by atoms with Gasteiger partial charge in [-0.2, -0.15) is 0 Å². The van der Waals surface area contributed by atoms with Crippen molar-refractivity contribution in [1.29, 1.82) is 0 Å². The number of halogens is 1. The molecular weight excluding hydrogens is 286 g/mol. The fourth-order valence-corrected chi connectivity index (χ4v) is 1.95. The Morgan fingerprint density at radius 3 is 2.06 bits per heavy atom. The Morgan fingerprint density at radius 2 is 1.50 bits per heavy atom. The average Bonchev–Trinajstić information content (AvgIpc) is 2.40. The highest BCUT2D eigenvalue weighted by atomic mass is 79.9. The van der Waals surface area contributed by atoms with Gasteiger partial charge in [0.15, 0.2) is 5.78 Å². The van der Waals surface area contributed by atoms with Crippen LogP contribution < -0.4 is 0 Å². The first kappa shape index (κ1) is 13.2. The first-order valence-corrected chi connectivity index (χ1v) is 6.25. The molecule has 0 unspecified atom stereocenters. The molecule has 2 aromatic rings. The van der Waals surface area contributed by atoms with Crippen LogP contribution in [0.2, 0.25) is 0 Å². The maximum Gasteiger partial charge on any atom is 0.156 e. The topological polar surface area (TPSA) is 17.1 Å². The smallest absolute Gasteiger partial charge is 0.156 e. The minimum absolute atomic E-state index is 0.304. The minimum Gasteiger partial charge on any atom is -0.295 e. The highest BCUT2D eigenvalue weighted by Crippen LogP contribution is 2.23. The Balaban J connectivity index is 2.36. The summed E-state index contributed by atoms with van der Waals surface area (Å²) in [5.41, 5.74) is 1.09. The number of hydrogen-bond acceptors (Lipinski definition) is 1. The van der Waals surface area contributed by atoms with Gasteiger partial charge in [-0.25, -0.2) is 0 Å². The third kappa shape index (κ3) is 2.59. The SMILES string of the molecule is [B]C([B])(C(=O)c1ccc(Br)cc1)c1ccccc1. The third-order valence-electron chi connectivity index (χ3n) is 2.73. The first-order valence-electron chi connectivity index (χ1n) is 5.45. The molecule has 0 aromatic heterocycles. The summed E-state index contributed by atoms with van der Waals surface area (Å²) in [6, 6.07) is 15.9. The Kier molecular flexibility index (Phi) is 3.76. The van der Waals surface area contributed by atoms with E-state index in [0.29, 0.717) is 11.1 Å². The van der Waals surface area contributed by atoms with E-state index in [1.165, 1.54) is 0 Å². The minimum atomic E-state index is -1.50. The summed E-state index contributed by atoms with van der Waals surface area (Å²) in [6.07, 6.45) is 0. The monoisotopic (exact) mass is 294 g/mol. The van der Waals surface area contributed by atoms with Gasteiger partial charge in [0, 0.05) is 10.0 Å². The van der Waals surface area contributed by atoms with Gasteiger partial charge in [0.1, 0.15) is 0 Å². The molecule has 0 amide bonds. The van der Waals surface area contributed by atoms with Crippen molar-refractivity contribution >= 4 is 37.4 Å². The van der Waals surface area contributed by atoms with E-state index in [0.717, 1.165) is 4.47 Å².